The second-order valence-electron chi connectivity index (χ2n) is 4.05. The number of hydrogen-bond donors (Lipinski definition) is 0. The van der Waals surface area contributed by atoms with E-state index >= 15 is 0 Å². The van der Waals surface area contributed by atoms with E-state index in [2.05, 4.69) is 31.9 Å². The topological polar surface area (TPSA) is 9.23 Å². The van der Waals surface area contributed by atoms with Gasteiger partial charge in [-0.15, -0.1) is 11.6 Å². The van der Waals surface area contributed by atoms with Gasteiger partial charge >= 0.3 is 0 Å². The van der Waals surface area contributed by atoms with E-state index in [1.54, 1.807) is 12.1 Å². The van der Waals surface area contributed by atoms with Gasteiger partial charge in [0.15, 0.2) is 0 Å². The molecule has 0 aliphatic carbocycles. The van der Waals surface area contributed by atoms with Crippen molar-refractivity contribution in [3.63, 3.8) is 0 Å². The van der Waals surface area contributed by atoms with E-state index in [9.17, 15) is 4.39 Å². The van der Waals surface area contributed by atoms with Gasteiger partial charge in [-0.3, -0.25) is 0 Å². The minimum absolute atomic E-state index is 0.112. The summed E-state index contributed by atoms with van der Waals surface area (Å²) in [7, 11) is 0. The highest BCUT2D eigenvalue weighted by Gasteiger charge is 2.11. The predicted molar refractivity (Wildman–Crippen MR) is 87.1 cm³/mol. The third-order valence-electron chi connectivity index (χ3n) is 2.60. The summed E-state index contributed by atoms with van der Waals surface area (Å²) < 4.78 is 20.8. The van der Waals surface area contributed by atoms with Crippen molar-refractivity contribution in [2.24, 2.45) is 0 Å². The van der Waals surface area contributed by atoms with E-state index in [1.807, 2.05) is 12.1 Å². The van der Waals surface area contributed by atoms with Gasteiger partial charge in [0.05, 0.1) is 8.95 Å². The summed E-state index contributed by atoms with van der Waals surface area (Å²) in [6, 6.07) is 8.23. The quantitative estimate of drug-likeness (QED) is 0.503. The average Bonchev–Trinajstić information content (AvgIpc) is 2.39. The van der Waals surface area contributed by atoms with Gasteiger partial charge < -0.3 is 4.74 Å². The Labute approximate surface area is 143 Å². The first-order valence-corrected chi connectivity index (χ1v) is 8.11. The van der Waals surface area contributed by atoms with Crippen molar-refractivity contribution < 1.29 is 9.13 Å². The summed E-state index contributed by atoms with van der Waals surface area (Å²) in [5, 5.41) is 0.361. The third-order valence-corrected chi connectivity index (χ3v) is 4.32. The molecule has 1 nitrogen and oxygen atoms in total. The maximum absolute atomic E-state index is 13.7. The summed E-state index contributed by atoms with van der Waals surface area (Å²) in [6.45, 7) is 0.112. The number of ether oxygens (including phenoxy) is 1. The number of rotatable bonds is 4. The molecule has 0 heterocycles. The molecule has 20 heavy (non-hydrogen) atoms. The second kappa shape index (κ2) is 7.12. The van der Waals surface area contributed by atoms with Crippen LogP contribution in [0.2, 0.25) is 5.02 Å². The summed E-state index contributed by atoms with van der Waals surface area (Å²) in [4.78, 5) is 0. The Morgan fingerprint density at radius 2 is 1.75 bits per heavy atom. The maximum Gasteiger partial charge on any atom is 0.148 e. The molecule has 0 aliphatic rings. The zero-order valence-corrected chi connectivity index (χ0v) is 14.8. The summed E-state index contributed by atoms with van der Waals surface area (Å²) in [6.07, 6.45) is 0. The van der Waals surface area contributed by atoms with Gasteiger partial charge in [-0.2, -0.15) is 0 Å². The van der Waals surface area contributed by atoms with Crippen LogP contribution < -0.4 is 4.74 Å². The van der Waals surface area contributed by atoms with Crippen LogP contribution in [0.5, 0.6) is 5.75 Å². The molecule has 0 bridgehead atoms. The molecule has 0 saturated carbocycles. The van der Waals surface area contributed by atoms with Gasteiger partial charge in [-0.05, 0) is 61.7 Å². The number of benzene rings is 2. The van der Waals surface area contributed by atoms with Crippen molar-refractivity contribution in [2.45, 2.75) is 12.5 Å². The van der Waals surface area contributed by atoms with Gasteiger partial charge in [0.25, 0.3) is 0 Å². The van der Waals surface area contributed by atoms with E-state index in [4.69, 9.17) is 27.9 Å². The first kappa shape index (κ1) is 16.1. The largest absolute Gasteiger partial charge is 0.486 e. The van der Waals surface area contributed by atoms with E-state index in [0.29, 0.717) is 22.2 Å². The van der Waals surface area contributed by atoms with Gasteiger partial charge in [-0.1, -0.05) is 17.7 Å². The molecule has 0 N–H and O–H groups in total. The Morgan fingerprint density at radius 1 is 1.10 bits per heavy atom. The zero-order valence-electron chi connectivity index (χ0n) is 10.1. The molecule has 2 rings (SSSR count). The molecule has 2 aromatic rings. The normalized spacial score (nSPS) is 10.7. The summed E-state index contributed by atoms with van der Waals surface area (Å²) in [5.41, 5.74) is 1.39. The van der Waals surface area contributed by atoms with Crippen molar-refractivity contribution in [3.05, 3.63) is 61.2 Å². The Hall–Kier alpha value is -0.290. The smallest absolute Gasteiger partial charge is 0.148 e. The highest BCUT2D eigenvalue weighted by molar-refractivity contribution is 9.11. The monoisotopic (exact) mass is 440 g/mol. The van der Waals surface area contributed by atoms with Gasteiger partial charge in [0.2, 0.25) is 0 Å². The van der Waals surface area contributed by atoms with Crippen molar-refractivity contribution >= 4 is 55.1 Å². The molecular formula is C14H9Br2Cl2FO. The maximum atomic E-state index is 13.7. The molecule has 2 aromatic carbocycles. The molecule has 0 atom stereocenters. The lowest BCUT2D eigenvalue weighted by Crippen LogP contribution is -2.00. The number of alkyl halides is 1. The lowest BCUT2D eigenvalue weighted by atomic mass is 10.2. The summed E-state index contributed by atoms with van der Waals surface area (Å²) >= 11 is 18.3. The lowest BCUT2D eigenvalue weighted by Gasteiger charge is -2.12. The van der Waals surface area contributed by atoms with E-state index in [1.165, 1.54) is 6.07 Å². The molecule has 0 aromatic heterocycles. The molecule has 0 spiro atoms. The molecule has 6 heteroatoms. The van der Waals surface area contributed by atoms with Crippen molar-refractivity contribution in [1.29, 1.82) is 0 Å². The van der Waals surface area contributed by atoms with E-state index < -0.39 is 0 Å². The minimum Gasteiger partial charge on any atom is -0.486 e. The zero-order chi connectivity index (χ0) is 14.7. The fraction of sp³-hybridized carbons (Fsp3) is 0.143. The van der Waals surface area contributed by atoms with Crippen LogP contribution in [-0.2, 0) is 12.5 Å². The van der Waals surface area contributed by atoms with Crippen LogP contribution in [0.1, 0.15) is 11.1 Å². The van der Waals surface area contributed by atoms with Crippen LogP contribution in [-0.4, -0.2) is 0 Å². The van der Waals surface area contributed by atoms with Crippen molar-refractivity contribution in [1.82, 2.24) is 0 Å². The average molecular weight is 443 g/mol. The molecule has 0 saturated heterocycles. The SMILES string of the molecule is Fc1cc(Cl)ccc1COc1c(Br)cc(CCl)cc1Br. The van der Waals surface area contributed by atoms with Crippen molar-refractivity contribution in [2.75, 3.05) is 0 Å². The van der Waals surface area contributed by atoms with Gasteiger partial charge in [-0.25, -0.2) is 4.39 Å². The fourth-order valence-electron chi connectivity index (χ4n) is 1.62. The highest BCUT2D eigenvalue weighted by Crippen LogP contribution is 2.35. The second-order valence-corrected chi connectivity index (χ2v) is 6.46. The first-order valence-electron chi connectivity index (χ1n) is 5.62. The predicted octanol–water partition coefficient (Wildman–Crippen LogP) is 6.32. The summed E-state index contributed by atoms with van der Waals surface area (Å²) in [5.74, 6) is 0.624. The van der Waals surface area contributed by atoms with Gasteiger partial charge in [0, 0.05) is 16.5 Å². The Kier molecular flexibility index (Phi) is 5.73. The van der Waals surface area contributed by atoms with Gasteiger partial charge in [0.1, 0.15) is 18.2 Å². The number of halogens is 5. The van der Waals surface area contributed by atoms with Crippen molar-refractivity contribution in [3.8, 4) is 5.75 Å². The molecule has 0 radical (unpaired) electrons. The molecule has 0 aliphatic heterocycles. The molecular weight excluding hydrogens is 434 g/mol. The molecule has 0 amide bonds. The standard InChI is InChI=1S/C14H9Br2Cl2FO/c15-11-3-8(6-17)4-12(16)14(11)20-7-9-1-2-10(18)5-13(9)19/h1-5H,6-7H2. The highest BCUT2D eigenvalue weighted by atomic mass is 79.9. The van der Waals surface area contributed by atoms with Crippen LogP contribution >= 0.6 is 55.1 Å². The first-order chi connectivity index (χ1) is 9.51. The van der Waals surface area contributed by atoms with Crippen LogP contribution in [0.4, 0.5) is 4.39 Å². The van der Waals surface area contributed by atoms with Crippen LogP contribution in [0.3, 0.4) is 0 Å². The van der Waals surface area contributed by atoms with Crippen LogP contribution in [0.25, 0.3) is 0 Å². The molecule has 0 unspecified atom stereocenters. The number of hydrogen-bond acceptors (Lipinski definition) is 1. The van der Waals surface area contributed by atoms with E-state index in [-0.39, 0.29) is 12.4 Å². The lowest BCUT2D eigenvalue weighted by molar-refractivity contribution is 0.296. The Bertz CT molecular complexity index is 612. The Balaban J connectivity index is 2.19. The van der Waals surface area contributed by atoms with Crippen LogP contribution in [0, 0.1) is 5.82 Å². The Morgan fingerprint density at radius 3 is 2.30 bits per heavy atom. The molecule has 106 valence electrons. The molecule has 0 fully saturated rings. The third kappa shape index (κ3) is 3.88. The van der Waals surface area contributed by atoms with Crippen LogP contribution in [0.15, 0.2) is 39.3 Å². The minimum atomic E-state index is -0.387. The van der Waals surface area contributed by atoms with E-state index in [0.717, 1.165) is 14.5 Å². The fourth-order valence-corrected chi connectivity index (χ4v) is 3.44.